The first-order chi connectivity index (χ1) is 7.61. The highest BCUT2D eigenvalue weighted by Gasteiger charge is 2.22. The van der Waals surface area contributed by atoms with Gasteiger partial charge in [0.05, 0.1) is 10.7 Å². The molecule has 84 valence electrons. The summed E-state index contributed by atoms with van der Waals surface area (Å²) >= 11 is 1.63. The zero-order valence-corrected chi connectivity index (χ0v) is 10.4. The van der Waals surface area contributed by atoms with Crippen LogP contribution in [0.15, 0.2) is 34.2 Å². The molecule has 0 saturated carbocycles. The van der Waals surface area contributed by atoms with E-state index in [2.05, 4.69) is 17.4 Å². The van der Waals surface area contributed by atoms with Gasteiger partial charge < -0.3 is 10.2 Å². The van der Waals surface area contributed by atoms with Crippen LogP contribution in [-0.4, -0.2) is 19.9 Å². The monoisotopic (exact) mass is 234 g/mol. The van der Waals surface area contributed by atoms with Gasteiger partial charge in [-0.15, -0.1) is 0 Å². The van der Waals surface area contributed by atoms with Crippen LogP contribution in [0.4, 0.5) is 11.4 Å². The van der Waals surface area contributed by atoms with Crippen molar-refractivity contribution in [1.82, 2.24) is 0 Å². The number of nitrogens with one attached hydrogen (secondary N) is 1. The summed E-state index contributed by atoms with van der Waals surface area (Å²) in [6.07, 6.45) is 1.67. The van der Waals surface area contributed by atoms with Crippen LogP contribution in [0.2, 0.25) is 0 Å². The fourth-order valence-electron chi connectivity index (χ4n) is 1.62. The molecular weight excluding hydrogens is 220 g/mol. The van der Waals surface area contributed by atoms with Crippen molar-refractivity contribution < 1.29 is 4.79 Å². The van der Waals surface area contributed by atoms with Gasteiger partial charge in [0.25, 0.3) is 0 Å². The third-order valence-corrected chi connectivity index (χ3v) is 3.65. The van der Waals surface area contributed by atoms with Crippen molar-refractivity contribution in [2.75, 3.05) is 24.3 Å². The summed E-state index contributed by atoms with van der Waals surface area (Å²) in [5, 5.41) is 4.09. The third kappa shape index (κ3) is 1.93. The van der Waals surface area contributed by atoms with Crippen LogP contribution >= 0.6 is 11.8 Å². The Morgan fingerprint density at radius 3 is 2.88 bits per heavy atom. The molecule has 0 aliphatic carbocycles. The average molecular weight is 234 g/mol. The van der Waals surface area contributed by atoms with Gasteiger partial charge in [-0.05, 0) is 25.1 Å². The van der Waals surface area contributed by atoms with Crippen LogP contribution in [0.25, 0.3) is 0 Å². The molecule has 0 saturated heterocycles. The van der Waals surface area contributed by atoms with Crippen molar-refractivity contribution in [1.29, 1.82) is 0 Å². The number of thioether (sulfide) groups is 1. The second-order valence-corrected chi connectivity index (χ2v) is 4.75. The Hall–Kier alpha value is -1.42. The van der Waals surface area contributed by atoms with Crippen molar-refractivity contribution in [3.8, 4) is 0 Å². The SMILES string of the molecule is CNc1ccc2c(c1)N(C)/C(=C/C(C)=O)S2. The van der Waals surface area contributed by atoms with Gasteiger partial charge in [0.2, 0.25) is 0 Å². The average Bonchev–Trinajstić information content (AvgIpc) is 2.55. The summed E-state index contributed by atoms with van der Waals surface area (Å²) in [5.74, 6) is 0.0796. The van der Waals surface area contributed by atoms with Gasteiger partial charge in [0.1, 0.15) is 0 Å². The molecule has 0 radical (unpaired) electrons. The minimum Gasteiger partial charge on any atom is -0.388 e. The maximum atomic E-state index is 11.1. The van der Waals surface area contributed by atoms with E-state index < -0.39 is 0 Å². The lowest BCUT2D eigenvalue weighted by Crippen LogP contribution is -2.10. The zero-order valence-electron chi connectivity index (χ0n) is 9.57. The predicted octanol–water partition coefficient (Wildman–Crippen LogP) is 2.70. The summed E-state index contributed by atoms with van der Waals surface area (Å²) in [7, 11) is 3.88. The molecule has 0 aromatic heterocycles. The summed E-state index contributed by atoms with van der Waals surface area (Å²) in [6, 6.07) is 6.20. The first-order valence-electron chi connectivity index (χ1n) is 5.07. The molecule has 1 N–H and O–H groups in total. The quantitative estimate of drug-likeness (QED) is 0.797. The molecule has 3 nitrogen and oxygen atoms in total. The van der Waals surface area contributed by atoms with Crippen LogP contribution in [0.5, 0.6) is 0 Å². The first kappa shape index (κ1) is 11.1. The normalized spacial score (nSPS) is 16.4. The molecular formula is C12H14N2OS. The number of hydrogen-bond donors (Lipinski definition) is 1. The first-order valence-corrected chi connectivity index (χ1v) is 5.89. The van der Waals surface area contributed by atoms with Gasteiger partial charge in [-0.25, -0.2) is 0 Å². The van der Waals surface area contributed by atoms with E-state index in [9.17, 15) is 4.79 Å². The van der Waals surface area contributed by atoms with Crippen molar-refractivity contribution in [3.63, 3.8) is 0 Å². The van der Waals surface area contributed by atoms with Crippen molar-refractivity contribution in [2.45, 2.75) is 11.8 Å². The molecule has 0 atom stereocenters. The van der Waals surface area contributed by atoms with Crippen molar-refractivity contribution >= 4 is 28.9 Å². The Balaban J connectivity index is 2.38. The molecule has 4 heteroatoms. The maximum absolute atomic E-state index is 11.1. The molecule has 1 aromatic carbocycles. The van der Waals surface area contributed by atoms with Crippen LogP contribution in [0, 0.1) is 0 Å². The predicted molar refractivity (Wildman–Crippen MR) is 69.0 cm³/mol. The van der Waals surface area contributed by atoms with E-state index in [0.717, 1.165) is 16.4 Å². The Morgan fingerprint density at radius 1 is 1.50 bits per heavy atom. The highest BCUT2D eigenvalue weighted by molar-refractivity contribution is 8.03. The van der Waals surface area contributed by atoms with Gasteiger partial charge in [-0.2, -0.15) is 0 Å². The van der Waals surface area contributed by atoms with Gasteiger partial charge in [0, 0.05) is 30.8 Å². The van der Waals surface area contributed by atoms with Crippen molar-refractivity contribution in [2.24, 2.45) is 0 Å². The number of carbonyl (C=O) groups excluding carboxylic acids is 1. The number of carbonyl (C=O) groups is 1. The molecule has 1 aliphatic heterocycles. The van der Waals surface area contributed by atoms with Crippen LogP contribution in [-0.2, 0) is 4.79 Å². The molecule has 16 heavy (non-hydrogen) atoms. The topological polar surface area (TPSA) is 32.3 Å². The number of fused-ring (bicyclic) bond motifs is 1. The van der Waals surface area contributed by atoms with Crippen LogP contribution in [0.3, 0.4) is 0 Å². The van der Waals surface area contributed by atoms with E-state index >= 15 is 0 Å². The van der Waals surface area contributed by atoms with E-state index in [1.165, 1.54) is 4.90 Å². The largest absolute Gasteiger partial charge is 0.388 e. The molecule has 0 spiro atoms. The minimum absolute atomic E-state index is 0.0796. The second-order valence-electron chi connectivity index (χ2n) is 3.69. The fourth-order valence-corrected chi connectivity index (χ4v) is 2.74. The van der Waals surface area contributed by atoms with E-state index in [-0.39, 0.29) is 5.78 Å². The number of allylic oxidation sites excluding steroid dienone is 1. The molecule has 0 amide bonds. The fraction of sp³-hybridized carbons (Fsp3) is 0.250. The number of ketones is 1. The number of nitrogens with zero attached hydrogens (tertiary/aromatic N) is 1. The molecule has 2 rings (SSSR count). The summed E-state index contributed by atoms with van der Waals surface area (Å²) < 4.78 is 0. The van der Waals surface area contributed by atoms with E-state index in [4.69, 9.17) is 0 Å². The molecule has 0 bridgehead atoms. The highest BCUT2D eigenvalue weighted by Crippen LogP contribution is 2.45. The Morgan fingerprint density at radius 2 is 2.25 bits per heavy atom. The lowest BCUT2D eigenvalue weighted by atomic mass is 10.2. The Kier molecular flexibility index (Phi) is 2.92. The lowest BCUT2D eigenvalue weighted by molar-refractivity contribution is -0.112. The Bertz CT molecular complexity index is 468. The van der Waals surface area contributed by atoms with Crippen LogP contribution < -0.4 is 10.2 Å². The van der Waals surface area contributed by atoms with Gasteiger partial charge in [0.15, 0.2) is 5.78 Å². The van der Waals surface area contributed by atoms with E-state index in [0.29, 0.717) is 0 Å². The van der Waals surface area contributed by atoms with E-state index in [1.54, 1.807) is 24.8 Å². The number of anilines is 2. The smallest absolute Gasteiger partial charge is 0.155 e. The molecule has 0 unspecified atom stereocenters. The number of rotatable bonds is 2. The maximum Gasteiger partial charge on any atom is 0.155 e. The second kappa shape index (κ2) is 4.22. The molecule has 1 aromatic rings. The number of benzene rings is 1. The van der Waals surface area contributed by atoms with Gasteiger partial charge >= 0.3 is 0 Å². The lowest BCUT2D eigenvalue weighted by Gasteiger charge is -2.13. The zero-order chi connectivity index (χ0) is 11.7. The van der Waals surface area contributed by atoms with Gasteiger partial charge in [-0.1, -0.05) is 11.8 Å². The molecule has 1 heterocycles. The Labute approximate surface area is 99.5 Å². The summed E-state index contributed by atoms with van der Waals surface area (Å²) in [5.41, 5.74) is 2.22. The van der Waals surface area contributed by atoms with Crippen LogP contribution in [0.1, 0.15) is 6.92 Å². The minimum atomic E-state index is 0.0796. The highest BCUT2D eigenvalue weighted by atomic mass is 32.2. The number of hydrogen-bond acceptors (Lipinski definition) is 4. The summed E-state index contributed by atoms with van der Waals surface area (Å²) in [4.78, 5) is 14.3. The third-order valence-electron chi connectivity index (χ3n) is 2.48. The van der Waals surface area contributed by atoms with E-state index in [1.807, 2.05) is 25.1 Å². The summed E-state index contributed by atoms with van der Waals surface area (Å²) in [6.45, 7) is 1.57. The molecule has 1 aliphatic rings. The van der Waals surface area contributed by atoms with Gasteiger partial charge in [-0.3, -0.25) is 4.79 Å². The standard InChI is InChI=1S/C12H14N2OS/c1-8(15)6-12-14(3)10-7-9(13-2)4-5-11(10)16-12/h4-7,13H,1-3H3/b12-6-. The molecule has 0 fully saturated rings. The van der Waals surface area contributed by atoms with Crippen molar-refractivity contribution in [3.05, 3.63) is 29.3 Å².